The summed E-state index contributed by atoms with van der Waals surface area (Å²) in [7, 11) is 0. The van der Waals surface area contributed by atoms with E-state index in [0.29, 0.717) is 19.0 Å². The smallest absolute Gasteiger partial charge is 0.335 e. The highest BCUT2D eigenvalue weighted by atomic mass is 16.4. The van der Waals surface area contributed by atoms with Crippen molar-refractivity contribution < 1.29 is 19.8 Å². The van der Waals surface area contributed by atoms with Gasteiger partial charge in [0, 0.05) is 18.8 Å². The van der Waals surface area contributed by atoms with Crippen molar-refractivity contribution in [3.63, 3.8) is 0 Å². The van der Waals surface area contributed by atoms with Crippen molar-refractivity contribution in [2.45, 2.75) is 26.7 Å². The fourth-order valence-electron chi connectivity index (χ4n) is 1.85. The third-order valence-electron chi connectivity index (χ3n) is 3.03. The van der Waals surface area contributed by atoms with Crippen LogP contribution in [0.25, 0.3) is 0 Å². The summed E-state index contributed by atoms with van der Waals surface area (Å²) in [6, 6.07) is 6.62. The van der Waals surface area contributed by atoms with Crippen LogP contribution in [-0.4, -0.2) is 35.2 Å². The first-order valence-corrected chi connectivity index (χ1v) is 6.70. The fourth-order valence-corrected chi connectivity index (χ4v) is 1.85. The summed E-state index contributed by atoms with van der Waals surface area (Å²) < 4.78 is 0. The number of hydrogen-bond donors (Lipinski definition) is 2. The summed E-state index contributed by atoms with van der Waals surface area (Å²) >= 11 is 0. The summed E-state index contributed by atoms with van der Waals surface area (Å²) in [6.07, 6.45) is 0.965. The molecule has 0 aromatic heterocycles. The SMILES string of the molecule is CC(C)CCN(CCC(=O)O)c1cccc(C(=O)O)c1. The highest BCUT2D eigenvalue weighted by Gasteiger charge is 2.12. The summed E-state index contributed by atoms with van der Waals surface area (Å²) in [5, 5.41) is 17.8. The Morgan fingerprint density at radius 2 is 1.90 bits per heavy atom. The zero-order valence-electron chi connectivity index (χ0n) is 11.9. The molecule has 0 aliphatic carbocycles. The molecule has 1 aromatic carbocycles. The van der Waals surface area contributed by atoms with Crippen LogP contribution in [0.4, 0.5) is 5.69 Å². The minimum absolute atomic E-state index is 0.0371. The predicted molar refractivity (Wildman–Crippen MR) is 77.3 cm³/mol. The van der Waals surface area contributed by atoms with Crippen molar-refractivity contribution in [3.05, 3.63) is 29.8 Å². The molecule has 0 aliphatic rings. The number of carboxylic acid groups (broad SMARTS) is 2. The molecule has 0 fully saturated rings. The Morgan fingerprint density at radius 3 is 2.45 bits per heavy atom. The maximum Gasteiger partial charge on any atom is 0.335 e. The average Bonchev–Trinajstić information content (AvgIpc) is 2.38. The third-order valence-corrected chi connectivity index (χ3v) is 3.03. The van der Waals surface area contributed by atoms with Gasteiger partial charge in [0.25, 0.3) is 0 Å². The van der Waals surface area contributed by atoms with Gasteiger partial charge in [-0.25, -0.2) is 4.79 Å². The van der Waals surface area contributed by atoms with E-state index in [2.05, 4.69) is 13.8 Å². The lowest BCUT2D eigenvalue weighted by Gasteiger charge is -2.25. The van der Waals surface area contributed by atoms with E-state index < -0.39 is 11.9 Å². The van der Waals surface area contributed by atoms with E-state index in [4.69, 9.17) is 10.2 Å². The van der Waals surface area contributed by atoms with Crippen molar-refractivity contribution in [3.8, 4) is 0 Å². The number of carboxylic acids is 2. The van der Waals surface area contributed by atoms with Gasteiger partial charge in [0.2, 0.25) is 0 Å². The Hall–Kier alpha value is -2.04. The van der Waals surface area contributed by atoms with Gasteiger partial charge in [-0.05, 0) is 30.5 Å². The Labute approximate surface area is 118 Å². The van der Waals surface area contributed by atoms with Crippen LogP contribution in [0.2, 0.25) is 0 Å². The van der Waals surface area contributed by atoms with E-state index in [-0.39, 0.29) is 12.0 Å². The first kappa shape index (κ1) is 16.0. The van der Waals surface area contributed by atoms with Crippen LogP contribution in [0.5, 0.6) is 0 Å². The molecule has 2 N–H and O–H groups in total. The van der Waals surface area contributed by atoms with Crippen molar-refractivity contribution in [1.82, 2.24) is 0 Å². The Kier molecular flexibility index (Phi) is 6.03. The number of benzene rings is 1. The van der Waals surface area contributed by atoms with E-state index in [9.17, 15) is 9.59 Å². The van der Waals surface area contributed by atoms with Crippen LogP contribution in [0.15, 0.2) is 24.3 Å². The molecule has 5 heteroatoms. The number of aromatic carboxylic acids is 1. The predicted octanol–water partition coefficient (Wildman–Crippen LogP) is 2.71. The summed E-state index contributed by atoms with van der Waals surface area (Å²) in [4.78, 5) is 23.7. The van der Waals surface area contributed by atoms with Crippen molar-refractivity contribution >= 4 is 17.6 Å². The van der Waals surface area contributed by atoms with Gasteiger partial charge in [-0.2, -0.15) is 0 Å². The fraction of sp³-hybridized carbons (Fsp3) is 0.467. The quantitative estimate of drug-likeness (QED) is 0.765. The van der Waals surface area contributed by atoms with Gasteiger partial charge in [0.15, 0.2) is 0 Å². The van der Waals surface area contributed by atoms with Crippen molar-refractivity contribution in [1.29, 1.82) is 0 Å². The topological polar surface area (TPSA) is 77.8 Å². The third kappa shape index (κ3) is 5.30. The molecule has 0 unspecified atom stereocenters. The number of nitrogens with zero attached hydrogens (tertiary/aromatic N) is 1. The van der Waals surface area contributed by atoms with E-state index in [1.165, 1.54) is 6.07 Å². The largest absolute Gasteiger partial charge is 0.481 e. The van der Waals surface area contributed by atoms with E-state index >= 15 is 0 Å². The van der Waals surface area contributed by atoms with E-state index in [1.807, 2.05) is 11.0 Å². The van der Waals surface area contributed by atoms with E-state index in [1.54, 1.807) is 12.1 Å². The lowest BCUT2D eigenvalue weighted by molar-refractivity contribution is -0.136. The molecule has 20 heavy (non-hydrogen) atoms. The molecule has 1 aromatic rings. The van der Waals surface area contributed by atoms with Crippen LogP contribution < -0.4 is 4.90 Å². The van der Waals surface area contributed by atoms with Gasteiger partial charge in [-0.15, -0.1) is 0 Å². The molecular weight excluding hydrogens is 258 g/mol. The summed E-state index contributed by atoms with van der Waals surface area (Å²) in [6.45, 7) is 5.30. The summed E-state index contributed by atoms with van der Waals surface area (Å²) in [5.41, 5.74) is 0.971. The van der Waals surface area contributed by atoms with Crippen LogP contribution >= 0.6 is 0 Å². The second-order valence-corrected chi connectivity index (χ2v) is 5.17. The Bertz CT molecular complexity index is 471. The van der Waals surface area contributed by atoms with Gasteiger partial charge in [-0.3, -0.25) is 4.79 Å². The van der Waals surface area contributed by atoms with Crippen molar-refractivity contribution in [2.75, 3.05) is 18.0 Å². The second-order valence-electron chi connectivity index (χ2n) is 5.17. The monoisotopic (exact) mass is 279 g/mol. The van der Waals surface area contributed by atoms with Crippen LogP contribution in [-0.2, 0) is 4.79 Å². The highest BCUT2D eigenvalue weighted by Crippen LogP contribution is 2.18. The first-order valence-electron chi connectivity index (χ1n) is 6.70. The van der Waals surface area contributed by atoms with Gasteiger partial charge in [0.1, 0.15) is 0 Å². The van der Waals surface area contributed by atoms with Gasteiger partial charge in [0.05, 0.1) is 12.0 Å². The highest BCUT2D eigenvalue weighted by molar-refractivity contribution is 5.88. The standard InChI is InChI=1S/C15H21NO4/c1-11(2)6-8-16(9-7-14(17)18)13-5-3-4-12(10-13)15(19)20/h3-5,10-11H,6-9H2,1-2H3,(H,17,18)(H,19,20). The zero-order chi connectivity index (χ0) is 15.1. The Balaban J connectivity index is 2.87. The molecule has 5 nitrogen and oxygen atoms in total. The maximum absolute atomic E-state index is 11.0. The van der Waals surface area contributed by atoms with E-state index in [0.717, 1.165) is 12.1 Å². The minimum atomic E-state index is -0.978. The average molecular weight is 279 g/mol. The van der Waals surface area contributed by atoms with Crippen LogP contribution in [0.3, 0.4) is 0 Å². The lowest BCUT2D eigenvalue weighted by atomic mass is 10.1. The molecule has 0 atom stereocenters. The molecule has 0 saturated carbocycles. The number of carbonyl (C=O) groups is 2. The molecular formula is C15H21NO4. The van der Waals surface area contributed by atoms with Crippen LogP contribution in [0.1, 0.15) is 37.0 Å². The minimum Gasteiger partial charge on any atom is -0.481 e. The molecule has 1 rings (SSSR count). The molecule has 0 amide bonds. The number of anilines is 1. The molecule has 0 aliphatic heterocycles. The molecule has 0 heterocycles. The number of rotatable bonds is 8. The number of hydrogen-bond acceptors (Lipinski definition) is 3. The summed E-state index contributed by atoms with van der Waals surface area (Å²) in [5.74, 6) is -1.33. The molecule has 0 bridgehead atoms. The zero-order valence-corrected chi connectivity index (χ0v) is 11.9. The molecule has 0 saturated heterocycles. The molecule has 110 valence electrons. The normalized spacial score (nSPS) is 10.6. The Morgan fingerprint density at radius 1 is 1.20 bits per heavy atom. The van der Waals surface area contributed by atoms with Crippen molar-refractivity contribution in [2.24, 2.45) is 5.92 Å². The van der Waals surface area contributed by atoms with Crippen LogP contribution in [0, 0.1) is 5.92 Å². The second kappa shape index (κ2) is 7.53. The van der Waals surface area contributed by atoms with Gasteiger partial charge >= 0.3 is 11.9 Å². The molecule has 0 radical (unpaired) electrons. The molecule has 0 spiro atoms. The maximum atomic E-state index is 11.0. The lowest BCUT2D eigenvalue weighted by Crippen LogP contribution is -2.28. The first-order chi connectivity index (χ1) is 9.40. The van der Waals surface area contributed by atoms with Gasteiger partial charge < -0.3 is 15.1 Å². The number of aliphatic carboxylic acids is 1. The van der Waals surface area contributed by atoms with Gasteiger partial charge in [-0.1, -0.05) is 19.9 Å².